The number of piperidine rings is 1. The Balaban J connectivity index is 2.01. The molecule has 1 aliphatic heterocycles. The van der Waals surface area contributed by atoms with E-state index in [0.29, 0.717) is 18.4 Å². The van der Waals surface area contributed by atoms with Crippen molar-refractivity contribution in [1.29, 1.82) is 0 Å². The standard InChI is InChI=1S/C21H33NO2/c1-15-7-9-17(10-8-15)21(5,6)18-13-16(11-12-22-18)14-19(23)24-20(2,3)4/h7-10,16,18,22H,11-14H2,1-6H3/t16-,18+/m0/s1. The van der Waals surface area contributed by atoms with E-state index in [-0.39, 0.29) is 11.4 Å². The lowest BCUT2D eigenvalue weighted by molar-refractivity contribution is -0.156. The highest BCUT2D eigenvalue weighted by molar-refractivity contribution is 5.70. The number of hydrogen-bond acceptors (Lipinski definition) is 3. The van der Waals surface area contributed by atoms with Gasteiger partial charge in [-0.25, -0.2) is 0 Å². The van der Waals surface area contributed by atoms with Gasteiger partial charge in [0.25, 0.3) is 0 Å². The molecule has 3 heteroatoms. The van der Waals surface area contributed by atoms with Crippen LogP contribution in [0.4, 0.5) is 0 Å². The van der Waals surface area contributed by atoms with Gasteiger partial charge in [0.1, 0.15) is 5.60 Å². The quantitative estimate of drug-likeness (QED) is 0.833. The van der Waals surface area contributed by atoms with Gasteiger partial charge in [-0.2, -0.15) is 0 Å². The average molecular weight is 332 g/mol. The molecule has 1 heterocycles. The summed E-state index contributed by atoms with van der Waals surface area (Å²) < 4.78 is 5.50. The zero-order chi connectivity index (χ0) is 18.0. The van der Waals surface area contributed by atoms with Crippen molar-refractivity contribution in [3.63, 3.8) is 0 Å². The lowest BCUT2D eigenvalue weighted by Crippen LogP contribution is -2.50. The zero-order valence-corrected chi connectivity index (χ0v) is 16.1. The number of esters is 1. The van der Waals surface area contributed by atoms with Crippen molar-refractivity contribution in [3.8, 4) is 0 Å². The van der Waals surface area contributed by atoms with Crippen LogP contribution in [0.15, 0.2) is 24.3 Å². The number of carbonyl (C=O) groups is 1. The van der Waals surface area contributed by atoms with Crippen LogP contribution >= 0.6 is 0 Å². The second-order valence-corrected chi connectivity index (χ2v) is 8.78. The van der Waals surface area contributed by atoms with Crippen LogP contribution in [0.3, 0.4) is 0 Å². The third-order valence-corrected chi connectivity index (χ3v) is 5.05. The number of carbonyl (C=O) groups excluding carboxylic acids is 1. The first-order chi connectivity index (χ1) is 11.1. The Morgan fingerprint density at radius 3 is 2.38 bits per heavy atom. The van der Waals surface area contributed by atoms with Gasteiger partial charge in [-0.05, 0) is 58.6 Å². The molecule has 0 aromatic heterocycles. The molecule has 1 saturated heterocycles. The van der Waals surface area contributed by atoms with Gasteiger partial charge in [0.15, 0.2) is 0 Å². The first-order valence-electron chi connectivity index (χ1n) is 9.10. The summed E-state index contributed by atoms with van der Waals surface area (Å²) >= 11 is 0. The minimum absolute atomic E-state index is 0.0420. The molecule has 0 radical (unpaired) electrons. The van der Waals surface area contributed by atoms with E-state index >= 15 is 0 Å². The fourth-order valence-electron chi connectivity index (χ4n) is 3.53. The third kappa shape index (κ3) is 5.07. The summed E-state index contributed by atoms with van der Waals surface area (Å²) in [5, 5.41) is 3.67. The van der Waals surface area contributed by atoms with Crippen molar-refractivity contribution in [2.45, 2.75) is 77.9 Å². The van der Waals surface area contributed by atoms with Gasteiger partial charge in [-0.15, -0.1) is 0 Å². The second kappa shape index (κ2) is 7.26. The van der Waals surface area contributed by atoms with Crippen molar-refractivity contribution in [1.82, 2.24) is 5.32 Å². The molecule has 0 amide bonds. The van der Waals surface area contributed by atoms with E-state index in [1.54, 1.807) is 0 Å². The molecular formula is C21H33NO2. The van der Waals surface area contributed by atoms with E-state index in [0.717, 1.165) is 19.4 Å². The first-order valence-corrected chi connectivity index (χ1v) is 9.10. The Morgan fingerprint density at radius 1 is 1.17 bits per heavy atom. The topological polar surface area (TPSA) is 38.3 Å². The number of rotatable bonds is 4. The Labute approximate surface area is 147 Å². The number of aryl methyl sites for hydroxylation is 1. The molecule has 0 saturated carbocycles. The fraction of sp³-hybridized carbons (Fsp3) is 0.667. The predicted molar refractivity (Wildman–Crippen MR) is 99.2 cm³/mol. The second-order valence-electron chi connectivity index (χ2n) is 8.78. The van der Waals surface area contributed by atoms with Gasteiger partial charge in [0.2, 0.25) is 0 Å². The van der Waals surface area contributed by atoms with E-state index in [9.17, 15) is 4.79 Å². The minimum Gasteiger partial charge on any atom is -0.460 e. The van der Waals surface area contributed by atoms with Crippen LogP contribution < -0.4 is 5.32 Å². The molecular weight excluding hydrogens is 298 g/mol. The Hall–Kier alpha value is -1.35. The van der Waals surface area contributed by atoms with Crippen LogP contribution in [0.25, 0.3) is 0 Å². The van der Waals surface area contributed by atoms with Crippen molar-refractivity contribution in [2.24, 2.45) is 5.92 Å². The Morgan fingerprint density at radius 2 is 1.79 bits per heavy atom. The summed E-state index contributed by atoms with van der Waals surface area (Å²) in [4.78, 5) is 12.1. The number of benzene rings is 1. The van der Waals surface area contributed by atoms with Crippen LogP contribution in [-0.2, 0) is 14.9 Å². The van der Waals surface area contributed by atoms with Crippen LogP contribution in [-0.4, -0.2) is 24.2 Å². The molecule has 2 rings (SSSR count). The maximum Gasteiger partial charge on any atom is 0.306 e. The number of nitrogens with one attached hydrogen (secondary N) is 1. The van der Waals surface area contributed by atoms with Crippen LogP contribution in [0.1, 0.15) is 65.0 Å². The number of ether oxygens (including phenoxy) is 1. The summed E-state index contributed by atoms with van der Waals surface area (Å²) in [6.07, 6.45) is 2.58. The maximum atomic E-state index is 12.1. The lowest BCUT2D eigenvalue weighted by atomic mass is 9.72. The molecule has 0 unspecified atom stereocenters. The Bertz CT molecular complexity index is 554. The van der Waals surface area contributed by atoms with E-state index in [2.05, 4.69) is 50.4 Å². The SMILES string of the molecule is Cc1ccc(C(C)(C)[C@H]2C[C@@H](CC(=O)OC(C)(C)C)CCN2)cc1. The van der Waals surface area contributed by atoms with Crippen molar-refractivity contribution < 1.29 is 9.53 Å². The monoisotopic (exact) mass is 331 g/mol. The fourth-order valence-corrected chi connectivity index (χ4v) is 3.53. The summed E-state index contributed by atoms with van der Waals surface area (Å²) in [7, 11) is 0. The molecule has 3 nitrogen and oxygen atoms in total. The Kier molecular flexibility index (Phi) is 5.74. The molecule has 1 fully saturated rings. The smallest absolute Gasteiger partial charge is 0.306 e. The molecule has 1 aliphatic rings. The van der Waals surface area contributed by atoms with Gasteiger partial charge in [0.05, 0.1) is 0 Å². The molecule has 0 aliphatic carbocycles. The highest BCUT2D eigenvalue weighted by Gasteiger charge is 2.36. The third-order valence-electron chi connectivity index (χ3n) is 5.05. The lowest BCUT2D eigenvalue weighted by Gasteiger charge is -2.41. The summed E-state index contributed by atoms with van der Waals surface area (Å²) in [6, 6.07) is 9.19. The highest BCUT2D eigenvalue weighted by atomic mass is 16.6. The maximum absolute atomic E-state index is 12.1. The molecule has 0 bridgehead atoms. The molecule has 0 spiro atoms. The van der Waals surface area contributed by atoms with E-state index < -0.39 is 5.60 Å². The summed E-state index contributed by atoms with van der Waals surface area (Å²) in [5.41, 5.74) is 2.28. The number of hydrogen-bond donors (Lipinski definition) is 1. The normalized spacial score (nSPS) is 22.2. The minimum atomic E-state index is -0.398. The van der Waals surface area contributed by atoms with Crippen molar-refractivity contribution in [3.05, 3.63) is 35.4 Å². The molecule has 1 aromatic carbocycles. The van der Waals surface area contributed by atoms with Gasteiger partial charge in [0, 0.05) is 17.9 Å². The molecule has 1 N–H and O–H groups in total. The average Bonchev–Trinajstić information content (AvgIpc) is 2.46. The predicted octanol–water partition coefficient (Wildman–Crippen LogP) is 4.37. The van der Waals surface area contributed by atoms with E-state index in [4.69, 9.17) is 4.74 Å². The van der Waals surface area contributed by atoms with Gasteiger partial charge in [-0.3, -0.25) is 4.79 Å². The highest BCUT2D eigenvalue weighted by Crippen LogP contribution is 2.34. The van der Waals surface area contributed by atoms with Gasteiger partial charge < -0.3 is 10.1 Å². The van der Waals surface area contributed by atoms with Crippen LogP contribution in [0, 0.1) is 12.8 Å². The molecule has 1 aromatic rings. The van der Waals surface area contributed by atoms with Crippen LogP contribution in [0.5, 0.6) is 0 Å². The zero-order valence-electron chi connectivity index (χ0n) is 16.1. The first kappa shape index (κ1) is 19.0. The largest absolute Gasteiger partial charge is 0.460 e. The van der Waals surface area contributed by atoms with Crippen molar-refractivity contribution >= 4 is 5.97 Å². The van der Waals surface area contributed by atoms with Gasteiger partial charge >= 0.3 is 5.97 Å². The van der Waals surface area contributed by atoms with E-state index in [1.165, 1.54) is 11.1 Å². The van der Waals surface area contributed by atoms with Gasteiger partial charge in [-0.1, -0.05) is 43.7 Å². The van der Waals surface area contributed by atoms with Crippen LogP contribution in [0.2, 0.25) is 0 Å². The van der Waals surface area contributed by atoms with Crippen molar-refractivity contribution in [2.75, 3.05) is 6.54 Å². The molecule has 134 valence electrons. The summed E-state index contributed by atoms with van der Waals surface area (Å²) in [6.45, 7) is 13.5. The van der Waals surface area contributed by atoms with E-state index in [1.807, 2.05) is 20.8 Å². The molecule has 2 atom stereocenters. The molecule has 24 heavy (non-hydrogen) atoms. The summed E-state index contributed by atoms with van der Waals surface area (Å²) in [5.74, 6) is 0.331.